The minimum Gasteiger partial charge on any atom is -0.339 e. The molecule has 0 unspecified atom stereocenters. The van der Waals surface area contributed by atoms with Gasteiger partial charge in [0.05, 0.1) is 17.8 Å². The van der Waals surface area contributed by atoms with Gasteiger partial charge in [0.15, 0.2) is 11.6 Å². The minimum absolute atomic E-state index is 0.0100. The van der Waals surface area contributed by atoms with E-state index in [-0.39, 0.29) is 5.78 Å². The molecule has 25 heavy (non-hydrogen) atoms. The minimum atomic E-state index is -0.0100. The van der Waals surface area contributed by atoms with Crippen molar-refractivity contribution in [2.75, 3.05) is 10.6 Å². The number of hydrogen-bond donors (Lipinski definition) is 2. The van der Waals surface area contributed by atoms with Crippen LogP contribution in [0, 0.1) is 11.3 Å². The number of ketones is 1. The van der Waals surface area contributed by atoms with E-state index in [9.17, 15) is 4.79 Å². The van der Waals surface area contributed by atoms with E-state index < -0.39 is 0 Å². The summed E-state index contributed by atoms with van der Waals surface area (Å²) in [5, 5.41) is 22.9. The van der Waals surface area contributed by atoms with E-state index in [2.05, 4.69) is 31.9 Å². The SMILES string of the molecule is CC(=O)c1cccc(Nc2cnnc(Nc3cccc(C#N)c3)n2)c1. The molecule has 0 aliphatic carbocycles. The summed E-state index contributed by atoms with van der Waals surface area (Å²) in [5.41, 5.74) is 2.56. The first-order valence-corrected chi connectivity index (χ1v) is 7.49. The number of carbonyl (C=O) groups is 1. The standard InChI is InChI=1S/C18H14N6O/c1-12(25)14-5-3-7-16(9-14)21-17-11-20-24-18(23-17)22-15-6-2-4-13(8-15)10-19/h2-9,11H,1H3,(H2,21,22,23,24). The summed E-state index contributed by atoms with van der Waals surface area (Å²) in [4.78, 5) is 15.8. The van der Waals surface area contributed by atoms with Crippen LogP contribution >= 0.6 is 0 Å². The van der Waals surface area contributed by atoms with Crippen LogP contribution in [0.2, 0.25) is 0 Å². The van der Waals surface area contributed by atoms with Crippen LogP contribution in [0.4, 0.5) is 23.1 Å². The summed E-state index contributed by atoms with van der Waals surface area (Å²) < 4.78 is 0. The highest BCUT2D eigenvalue weighted by molar-refractivity contribution is 5.95. The lowest BCUT2D eigenvalue weighted by Gasteiger charge is -2.08. The molecule has 2 aromatic carbocycles. The fourth-order valence-corrected chi connectivity index (χ4v) is 2.18. The zero-order valence-corrected chi connectivity index (χ0v) is 13.4. The van der Waals surface area contributed by atoms with Crippen LogP contribution in [0.3, 0.4) is 0 Å². The number of nitrogens with one attached hydrogen (secondary N) is 2. The lowest BCUT2D eigenvalue weighted by Crippen LogP contribution is -2.03. The van der Waals surface area contributed by atoms with Crippen LogP contribution in [0.15, 0.2) is 54.7 Å². The highest BCUT2D eigenvalue weighted by atomic mass is 16.1. The highest BCUT2D eigenvalue weighted by Gasteiger charge is 2.05. The van der Waals surface area contributed by atoms with Crippen LogP contribution in [0.25, 0.3) is 0 Å². The maximum absolute atomic E-state index is 11.5. The smallest absolute Gasteiger partial charge is 0.249 e. The molecule has 0 spiro atoms. The van der Waals surface area contributed by atoms with Crippen molar-refractivity contribution < 1.29 is 4.79 Å². The molecule has 0 fully saturated rings. The molecule has 0 bridgehead atoms. The second-order valence-electron chi connectivity index (χ2n) is 5.24. The van der Waals surface area contributed by atoms with Crippen LogP contribution in [0.5, 0.6) is 0 Å². The van der Waals surface area contributed by atoms with Crippen molar-refractivity contribution in [3.63, 3.8) is 0 Å². The van der Waals surface area contributed by atoms with Crippen molar-refractivity contribution in [3.8, 4) is 6.07 Å². The van der Waals surface area contributed by atoms with Gasteiger partial charge in [-0.25, -0.2) is 0 Å². The summed E-state index contributed by atoms with van der Waals surface area (Å²) in [6, 6.07) is 16.2. The third-order valence-corrected chi connectivity index (χ3v) is 3.35. The van der Waals surface area contributed by atoms with Gasteiger partial charge in [0.2, 0.25) is 5.95 Å². The summed E-state index contributed by atoms with van der Waals surface area (Å²) >= 11 is 0. The van der Waals surface area contributed by atoms with E-state index >= 15 is 0 Å². The van der Waals surface area contributed by atoms with Crippen molar-refractivity contribution in [1.29, 1.82) is 5.26 Å². The number of rotatable bonds is 5. The van der Waals surface area contributed by atoms with Gasteiger partial charge in [0.25, 0.3) is 0 Å². The Balaban J connectivity index is 1.78. The molecular weight excluding hydrogens is 316 g/mol. The Kier molecular flexibility index (Phi) is 4.62. The number of Topliss-reactive ketones (excluding diaryl/α,β-unsaturated/α-hetero) is 1. The molecule has 1 heterocycles. The van der Waals surface area contributed by atoms with Gasteiger partial charge in [-0.05, 0) is 37.3 Å². The van der Waals surface area contributed by atoms with E-state index in [0.29, 0.717) is 28.6 Å². The zero-order valence-electron chi connectivity index (χ0n) is 13.4. The number of nitriles is 1. The average Bonchev–Trinajstić information content (AvgIpc) is 2.62. The molecule has 3 aromatic rings. The molecule has 1 aromatic heterocycles. The molecular formula is C18H14N6O. The van der Waals surface area contributed by atoms with Gasteiger partial charge < -0.3 is 10.6 Å². The van der Waals surface area contributed by atoms with E-state index in [1.165, 1.54) is 13.1 Å². The third kappa shape index (κ3) is 4.14. The Morgan fingerprint density at radius 1 is 1.08 bits per heavy atom. The van der Waals surface area contributed by atoms with Gasteiger partial charge in [0.1, 0.15) is 0 Å². The van der Waals surface area contributed by atoms with Gasteiger partial charge in [-0.3, -0.25) is 4.79 Å². The number of aromatic nitrogens is 3. The molecule has 7 nitrogen and oxygen atoms in total. The molecule has 0 saturated heterocycles. The molecule has 0 saturated carbocycles. The van der Waals surface area contributed by atoms with Crippen LogP contribution in [0.1, 0.15) is 22.8 Å². The Labute approximate surface area is 144 Å². The Bertz CT molecular complexity index is 964. The lowest BCUT2D eigenvalue weighted by atomic mass is 10.1. The number of hydrogen-bond acceptors (Lipinski definition) is 7. The van der Waals surface area contributed by atoms with Gasteiger partial charge in [-0.2, -0.15) is 15.3 Å². The monoisotopic (exact) mass is 330 g/mol. The number of anilines is 4. The molecule has 0 amide bonds. The van der Waals surface area contributed by atoms with Crippen molar-refractivity contribution in [2.24, 2.45) is 0 Å². The second kappa shape index (κ2) is 7.19. The summed E-state index contributed by atoms with van der Waals surface area (Å²) in [5.74, 6) is 0.765. The van der Waals surface area contributed by atoms with E-state index in [4.69, 9.17) is 5.26 Å². The number of nitrogens with zero attached hydrogens (tertiary/aromatic N) is 4. The molecule has 7 heteroatoms. The number of benzene rings is 2. The topological polar surface area (TPSA) is 104 Å². The van der Waals surface area contributed by atoms with Gasteiger partial charge in [0, 0.05) is 16.9 Å². The number of carbonyl (C=O) groups excluding carboxylic acids is 1. The van der Waals surface area contributed by atoms with Gasteiger partial charge in [-0.15, -0.1) is 5.10 Å². The molecule has 2 N–H and O–H groups in total. The summed E-state index contributed by atoms with van der Waals surface area (Å²) in [6.45, 7) is 1.52. The van der Waals surface area contributed by atoms with E-state index in [1.807, 2.05) is 6.07 Å². The fraction of sp³-hybridized carbons (Fsp3) is 0.0556. The zero-order chi connectivity index (χ0) is 17.6. The predicted molar refractivity (Wildman–Crippen MR) is 94.0 cm³/mol. The van der Waals surface area contributed by atoms with Crippen molar-refractivity contribution in [2.45, 2.75) is 6.92 Å². The molecule has 0 aliphatic rings. The van der Waals surface area contributed by atoms with Crippen LogP contribution in [-0.2, 0) is 0 Å². The maximum atomic E-state index is 11.5. The molecule has 0 radical (unpaired) electrons. The first kappa shape index (κ1) is 16.1. The van der Waals surface area contributed by atoms with Crippen LogP contribution in [-0.4, -0.2) is 21.0 Å². The van der Waals surface area contributed by atoms with Crippen LogP contribution < -0.4 is 10.6 Å². The van der Waals surface area contributed by atoms with E-state index in [0.717, 1.165) is 5.69 Å². The van der Waals surface area contributed by atoms with E-state index in [1.54, 1.807) is 42.5 Å². The van der Waals surface area contributed by atoms with Gasteiger partial charge >= 0.3 is 0 Å². The molecule has 3 rings (SSSR count). The first-order chi connectivity index (χ1) is 12.1. The van der Waals surface area contributed by atoms with Gasteiger partial charge in [-0.1, -0.05) is 18.2 Å². The second-order valence-corrected chi connectivity index (χ2v) is 5.24. The highest BCUT2D eigenvalue weighted by Crippen LogP contribution is 2.18. The summed E-state index contributed by atoms with van der Waals surface area (Å²) in [6.07, 6.45) is 1.48. The van der Waals surface area contributed by atoms with Crippen molar-refractivity contribution in [3.05, 3.63) is 65.9 Å². The fourth-order valence-electron chi connectivity index (χ4n) is 2.18. The normalized spacial score (nSPS) is 9.92. The van der Waals surface area contributed by atoms with Crippen molar-refractivity contribution in [1.82, 2.24) is 15.2 Å². The third-order valence-electron chi connectivity index (χ3n) is 3.35. The first-order valence-electron chi connectivity index (χ1n) is 7.49. The molecule has 0 atom stereocenters. The molecule has 122 valence electrons. The largest absolute Gasteiger partial charge is 0.339 e. The lowest BCUT2D eigenvalue weighted by molar-refractivity contribution is 0.101. The summed E-state index contributed by atoms with van der Waals surface area (Å²) in [7, 11) is 0. The van der Waals surface area contributed by atoms with Crippen molar-refractivity contribution >= 4 is 28.9 Å². The Morgan fingerprint density at radius 3 is 2.60 bits per heavy atom. The maximum Gasteiger partial charge on any atom is 0.249 e. The Morgan fingerprint density at radius 2 is 1.84 bits per heavy atom. The molecule has 0 aliphatic heterocycles. The predicted octanol–water partition coefficient (Wildman–Crippen LogP) is 3.43. The average molecular weight is 330 g/mol. The quantitative estimate of drug-likeness (QED) is 0.691. The Hall–Kier alpha value is -3.79.